The van der Waals surface area contributed by atoms with E-state index in [1.165, 1.54) is 7.11 Å². The zero-order valence-corrected chi connectivity index (χ0v) is 7.13. The van der Waals surface area contributed by atoms with Crippen LogP contribution in [0.15, 0.2) is 18.2 Å². The summed E-state index contributed by atoms with van der Waals surface area (Å²) in [4.78, 5) is 0. The SMILES string of the molecule is COCOc1cccc(C)c1F. The molecule has 1 rings (SSSR count). The molecule has 66 valence electrons. The quantitative estimate of drug-likeness (QED) is 0.647. The molecule has 0 amide bonds. The van der Waals surface area contributed by atoms with Crippen LogP contribution in [-0.4, -0.2) is 13.9 Å². The number of ether oxygens (including phenoxy) is 2. The van der Waals surface area contributed by atoms with Crippen LogP contribution in [0.25, 0.3) is 0 Å². The van der Waals surface area contributed by atoms with E-state index in [4.69, 9.17) is 4.74 Å². The van der Waals surface area contributed by atoms with Gasteiger partial charge in [-0.05, 0) is 18.6 Å². The number of aryl methyl sites for hydroxylation is 1. The average Bonchev–Trinajstić information content (AvgIpc) is 2.08. The Morgan fingerprint density at radius 2 is 2.17 bits per heavy atom. The van der Waals surface area contributed by atoms with E-state index >= 15 is 0 Å². The van der Waals surface area contributed by atoms with Crippen molar-refractivity contribution in [2.75, 3.05) is 13.9 Å². The molecule has 0 heterocycles. The third-order valence-electron chi connectivity index (χ3n) is 1.49. The molecule has 3 heteroatoms. The van der Waals surface area contributed by atoms with Crippen LogP contribution < -0.4 is 4.74 Å². The minimum absolute atomic E-state index is 0.0698. The van der Waals surface area contributed by atoms with Gasteiger partial charge in [-0.2, -0.15) is 0 Å². The number of hydrogen-bond acceptors (Lipinski definition) is 2. The molecule has 12 heavy (non-hydrogen) atoms. The van der Waals surface area contributed by atoms with E-state index in [0.29, 0.717) is 5.56 Å². The molecule has 0 saturated heterocycles. The number of hydrogen-bond donors (Lipinski definition) is 0. The Morgan fingerprint density at radius 1 is 1.42 bits per heavy atom. The Kier molecular flexibility index (Phi) is 3.05. The minimum atomic E-state index is -0.324. The van der Waals surface area contributed by atoms with Crippen LogP contribution in [0.3, 0.4) is 0 Å². The predicted molar refractivity (Wildman–Crippen MR) is 43.6 cm³/mol. The summed E-state index contributed by atoms with van der Waals surface area (Å²) in [6.45, 7) is 1.76. The first-order chi connectivity index (χ1) is 5.75. The summed E-state index contributed by atoms with van der Waals surface area (Å²) in [5.74, 6) is -0.0913. The van der Waals surface area contributed by atoms with E-state index in [0.717, 1.165) is 0 Å². The average molecular weight is 170 g/mol. The van der Waals surface area contributed by atoms with Crippen molar-refractivity contribution in [3.63, 3.8) is 0 Å². The Morgan fingerprint density at radius 3 is 2.83 bits per heavy atom. The van der Waals surface area contributed by atoms with Gasteiger partial charge >= 0.3 is 0 Å². The maximum absolute atomic E-state index is 13.1. The van der Waals surface area contributed by atoms with Crippen LogP contribution in [0.2, 0.25) is 0 Å². The molecular formula is C9H11FO2. The lowest BCUT2D eigenvalue weighted by molar-refractivity contribution is 0.0482. The molecule has 0 aliphatic rings. The van der Waals surface area contributed by atoms with Gasteiger partial charge in [0.25, 0.3) is 0 Å². The third kappa shape index (κ3) is 1.95. The Balaban J connectivity index is 2.78. The van der Waals surface area contributed by atoms with Gasteiger partial charge in [-0.1, -0.05) is 12.1 Å². The Bertz CT molecular complexity index is 261. The first kappa shape index (κ1) is 9.00. The molecule has 1 aromatic rings. The summed E-state index contributed by atoms with van der Waals surface area (Å²) in [5, 5.41) is 0. The zero-order chi connectivity index (χ0) is 8.97. The molecule has 0 bridgehead atoms. The van der Waals surface area contributed by atoms with Gasteiger partial charge in [-0.25, -0.2) is 4.39 Å². The third-order valence-corrected chi connectivity index (χ3v) is 1.49. The van der Waals surface area contributed by atoms with E-state index in [1.54, 1.807) is 25.1 Å². The second kappa shape index (κ2) is 4.07. The Hall–Kier alpha value is -1.09. The highest BCUT2D eigenvalue weighted by Gasteiger charge is 2.04. The van der Waals surface area contributed by atoms with Crippen molar-refractivity contribution in [2.45, 2.75) is 6.92 Å². The van der Waals surface area contributed by atoms with Gasteiger partial charge in [0.05, 0.1) is 0 Å². The van der Waals surface area contributed by atoms with Gasteiger partial charge in [0, 0.05) is 7.11 Å². The van der Waals surface area contributed by atoms with E-state index in [2.05, 4.69) is 4.74 Å². The second-order valence-electron chi connectivity index (χ2n) is 2.44. The molecule has 0 aliphatic carbocycles. The lowest BCUT2D eigenvalue weighted by Gasteiger charge is -2.06. The molecular weight excluding hydrogens is 159 g/mol. The highest BCUT2D eigenvalue weighted by atomic mass is 19.1. The number of rotatable bonds is 3. The molecule has 0 atom stereocenters. The lowest BCUT2D eigenvalue weighted by Crippen LogP contribution is -2.01. The van der Waals surface area contributed by atoms with Crippen LogP contribution in [0.5, 0.6) is 5.75 Å². The second-order valence-corrected chi connectivity index (χ2v) is 2.44. The standard InChI is InChI=1S/C9H11FO2/c1-7-4-3-5-8(9(7)10)12-6-11-2/h3-5H,6H2,1-2H3. The molecule has 0 aromatic heterocycles. The maximum atomic E-state index is 13.1. The van der Waals surface area contributed by atoms with Crippen molar-refractivity contribution in [1.29, 1.82) is 0 Å². The first-order valence-corrected chi connectivity index (χ1v) is 3.62. The molecule has 1 aromatic carbocycles. The normalized spacial score (nSPS) is 9.92. The number of methoxy groups -OCH3 is 1. The number of halogens is 1. The topological polar surface area (TPSA) is 18.5 Å². The highest BCUT2D eigenvalue weighted by molar-refractivity contribution is 5.29. The molecule has 0 aliphatic heterocycles. The fraction of sp³-hybridized carbons (Fsp3) is 0.333. The summed E-state index contributed by atoms with van der Waals surface area (Å²) in [5.41, 5.74) is 0.573. The summed E-state index contributed by atoms with van der Waals surface area (Å²) < 4.78 is 22.8. The van der Waals surface area contributed by atoms with Crippen molar-refractivity contribution in [1.82, 2.24) is 0 Å². The van der Waals surface area contributed by atoms with Crippen molar-refractivity contribution < 1.29 is 13.9 Å². The highest BCUT2D eigenvalue weighted by Crippen LogP contribution is 2.19. The molecule has 0 spiro atoms. The fourth-order valence-corrected chi connectivity index (χ4v) is 0.854. The Labute approximate surface area is 70.9 Å². The summed E-state index contributed by atoms with van der Waals surface area (Å²) >= 11 is 0. The fourth-order valence-electron chi connectivity index (χ4n) is 0.854. The largest absolute Gasteiger partial charge is 0.464 e. The molecule has 0 fully saturated rings. The summed E-state index contributed by atoms with van der Waals surface area (Å²) in [6.07, 6.45) is 0. The molecule has 0 N–H and O–H groups in total. The van der Waals surface area contributed by atoms with Crippen molar-refractivity contribution in [2.24, 2.45) is 0 Å². The van der Waals surface area contributed by atoms with Gasteiger partial charge < -0.3 is 9.47 Å². The smallest absolute Gasteiger partial charge is 0.188 e. The van der Waals surface area contributed by atoms with Crippen LogP contribution in [0, 0.1) is 12.7 Å². The summed E-state index contributed by atoms with van der Waals surface area (Å²) in [7, 11) is 1.49. The van der Waals surface area contributed by atoms with Crippen LogP contribution in [0.1, 0.15) is 5.56 Å². The van der Waals surface area contributed by atoms with Crippen LogP contribution >= 0.6 is 0 Å². The van der Waals surface area contributed by atoms with Gasteiger partial charge in [0.15, 0.2) is 18.4 Å². The number of benzene rings is 1. The van der Waals surface area contributed by atoms with Crippen molar-refractivity contribution in [3.8, 4) is 5.75 Å². The van der Waals surface area contributed by atoms with Gasteiger partial charge in [0.2, 0.25) is 0 Å². The maximum Gasteiger partial charge on any atom is 0.188 e. The molecule has 0 unspecified atom stereocenters. The van der Waals surface area contributed by atoms with Crippen molar-refractivity contribution >= 4 is 0 Å². The molecule has 0 radical (unpaired) electrons. The van der Waals surface area contributed by atoms with E-state index in [9.17, 15) is 4.39 Å². The zero-order valence-electron chi connectivity index (χ0n) is 7.13. The van der Waals surface area contributed by atoms with Gasteiger partial charge in [-0.3, -0.25) is 0 Å². The van der Waals surface area contributed by atoms with Crippen molar-refractivity contribution in [3.05, 3.63) is 29.6 Å². The van der Waals surface area contributed by atoms with E-state index < -0.39 is 0 Å². The summed E-state index contributed by atoms with van der Waals surface area (Å²) in [6, 6.07) is 5.00. The lowest BCUT2D eigenvalue weighted by atomic mass is 10.2. The monoisotopic (exact) mass is 170 g/mol. The van der Waals surface area contributed by atoms with Crippen LogP contribution in [-0.2, 0) is 4.74 Å². The molecule has 0 saturated carbocycles. The van der Waals surface area contributed by atoms with E-state index in [-0.39, 0.29) is 18.4 Å². The molecule has 2 nitrogen and oxygen atoms in total. The minimum Gasteiger partial charge on any atom is -0.464 e. The van der Waals surface area contributed by atoms with Gasteiger partial charge in [0.1, 0.15) is 0 Å². The predicted octanol–water partition coefficient (Wildman–Crippen LogP) is 2.12. The van der Waals surface area contributed by atoms with Gasteiger partial charge in [-0.15, -0.1) is 0 Å². The first-order valence-electron chi connectivity index (χ1n) is 3.62. The van der Waals surface area contributed by atoms with Crippen LogP contribution in [0.4, 0.5) is 4.39 Å². The van der Waals surface area contributed by atoms with E-state index in [1.807, 2.05) is 0 Å².